The Morgan fingerprint density at radius 1 is 1.25 bits per heavy atom. The number of carbonyl (C=O) groups excluding carboxylic acids is 1. The van der Waals surface area contributed by atoms with Crippen molar-refractivity contribution in [2.75, 3.05) is 12.4 Å². The number of aryl methyl sites for hydroxylation is 1. The summed E-state index contributed by atoms with van der Waals surface area (Å²) in [6.45, 7) is 0. The van der Waals surface area contributed by atoms with Gasteiger partial charge in [-0.05, 0) is 61.1 Å². The highest BCUT2D eigenvalue weighted by Gasteiger charge is 2.30. The first-order valence-electron chi connectivity index (χ1n) is 9.21. The molecule has 1 heterocycles. The van der Waals surface area contributed by atoms with Crippen molar-refractivity contribution in [3.05, 3.63) is 53.6 Å². The van der Waals surface area contributed by atoms with E-state index in [2.05, 4.69) is 22.8 Å². The average molecular weight is 407 g/mol. The highest BCUT2D eigenvalue weighted by molar-refractivity contribution is 5.85. The number of aromatic hydroxyl groups is 1. The summed E-state index contributed by atoms with van der Waals surface area (Å²) in [5, 5.41) is 26.4. The minimum absolute atomic E-state index is 0. The zero-order valence-corrected chi connectivity index (χ0v) is 16.6. The van der Waals surface area contributed by atoms with Gasteiger partial charge < -0.3 is 25.6 Å². The van der Waals surface area contributed by atoms with Crippen molar-refractivity contribution in [2.45, 2.75) is 43.9 Å². The highest BCUT2D eigenvalue weighted by atomic mass is 35.5. The minimum Gasteiger partial charge on any atom is -0.506 e. The Labute approximate surface area is 171 Å². The molecule has 7 heteroatoms. The van der Waals surface area contributed by atoms with Gasteiger partial charge in [-0.25, -0.2) is 0 Å². The molecule has 152 valence electrons. The Morgan fingerprint density at radius 3 is 2.68 bits per heavy atom. The van der Waals surface area contributed by atoms with Gasteiger partial charge in [0.05, 0.1) is 18.9 Å². The van der Waals surface area contributed by atoms with Crippen LogP contribution >= 0.6 is 12.4 Å². The maximum absolute atomic E-state index is 10.7. The quantitative estimate of drug-likeness (QED) is 0.399. The number of aliphatic hydroxyl groups excluding tert-OH is 1. The summed E-state index contributed by atoms with van der Waals surface area (Å²) < 4.78 is 5.18. The molecule has 0 aromatic heterocycles. The van der Waals surface area contributed by atoms with Gasteiger partial charge in [0.25, 0.3) is 0 Å². The molecule has 3 atom stereocenters. The Balaban J connectivity index is 0.00000280. The van der Waals surface area contributed by atoms with Crippen molar-refractivity contribution in [1.29, 1.82) is 0 Å². The van der Waals surface area contributed by atoms with Crippen LogP contribution in [0.4, 0.5) is 5.69 Å². The number of hydrogen-bond donors (Lipinski definition) is 4. The van der Waals surface area contributed by atoms with Crippen LogP contribution in [0, 0.1) is 0 Å². The summed E-state index contributed by atoms with van der Waals surface area (Å²) in [7, 11) is 1.66. The standard InChI is InChI=1S/C21H26N2O4.ClH/c1-27-17-8-3-14(4-9-17)2-6-16-7-10-18(23-16)21(26)15-5-11-20(25)19(12-15)22-13-24;/h3-5,8-9,11-13,16,18,21,23,25-26H,2,6-7,10H2,1H3,(H,22,24);1H. The smallest absolute Gasteiger partial charge is 0.211 e. The van der Waals surface area contributed by atoms with E-state index in [1.807, 2.05) is 12.1 Å². The summed E-state index contributed by atoms with van der Waals surface area (Å²) in [4.78, 5) is 10.6. The van der Waals surface area contributed by atoms with Crippen molar-refractivity contribution in [1.82, 2.24) is 5.32 Å². The van der Waals surface area contributed by atoms with Crippen LogP contribution in [0.3, 0.4) is 0 Å². The Kier molecular flexibility index (Phi) is 8.11. The van der Waals surface area contributed by atoms with Crippen LogP contribution in [0.25, 0.3) is 0 Å². The number of nitrogens with one attached hydrogen (secondary N) is 2. The number of halogens is 1. The molecule has 0 spiro atoms. The molecular weight excluding hydrogens is 380 g/mol. The van der Waals surface area contributed by atoms with E-state index in [4.69, 9.17) is 4.74 Å². The van der Waals surface area contributed by atoms with E-state index < -0.39 is 6.10 Å². The largest absolute Gasteiger partial charge is 0.506 e. The van der Waals surface area contributed by atoms with Crippen LogP contribution in [0.15, 0.2) is 42.5 Å². The molecule has 0 saturated carbocycles. The van der Waals surface area contributed by atoms with E-state index in [1.54, 1.807) is 19.2 Å². The lowest BCUT2D eigenvalue weighted by atomic mass is 10.00. The van der Waals surface area contributed by atoms with Crippen molar-refractivity contribution in [2.24, 2.45) is 0 Å². The normalized spacial score (nSPS) is 19.5. The summed E-state index contributed by atoms with van der Waals surface area (Å²) in [5.74, 6) is 0.841. The fraction of sp³-hybridized carbons (Fsp3) is 0.381. The molecule has 1 aliphatic rings. The van der Waals surface area contributed by atoms with Crippen molar-refractivity contribution < 1.29 is 19.7 Å². The predicted octanol–water partition coefficient (Wildman–Crippen LogP) is 3.18. The molecule has 0 aliphatic carbocycles. The van der Waals surface area contributed by atoms with Gasteiger partial charge in [-0.1, -0.05) is 18.2 Å². The van der Waals surface area contributed by atoms with Crippen LogP contribution < -0.4 is 15.4 Å². The van der Waals surface area contributed by atoms with E-state index >= 15 is 0 Å². The van der Waals surface area contributed by atoms with Crippen LogP contribution in [0.5, 0.6) is 11.5 Å². The van der Waals surface area contributed by atoms with Crippen molar-refractivity contribution in [3.8, 4) is 11.5 Å². The first-order valence-corrected chi connectivity index (χ1v) is 9.21. The monoisotopic (exact) mass is 406 g/mol. The van der Waals surface area contributed by atoms with Gasteiger partial charge in [-0.3, -0.25) is 4.79 Å². The molecule has 1 fully saturated rings. The molecule has 0 radical (unpaired) electrons. The van der Waals surface area contributed by atoms with Gasteiger partial charge in [0.15, 0.2) is 0 Å². The number of rotatable bonds is 8. The lowest BCUT2D eigenvalue weighted by Gasteiger charge is -2.21. The van der Waals surface area contributed by atoms with E-state index in [0.717, 1.165) is 31.4 Å². The molecule has 4 N–H and O–H groups in total. The molecule has 2 aromatic carbocycles. The van der Waals surface area contributed by atoms with E-state index in [-0.39, 0.29) is 24.2 Å². The van der Waals surface area contributed by atoms with Gasteiger partial charge in [0, 0.05) is 12.1 Å². The maximum atomic E-state index is 10.7. The van der Waals surface area contributed by atoms with E-state index in [0.29, 0.717) is 23.7 Å². The number of aliphatic hydroxyl groups is 1. The summed E-state index contributed by atoms with van der Waals surface area (Å²) >= 11 is 0. The minimum atomic E-state index is -0.691. The molecule has 3 rings (SSSR count). The second-order valence-corrected chi connectivity index (χ2v) is 6.92. The lowest BCUT2D eigenvalue weighted by molar-refractivity contribution is -0.105. The second-order valence-electron chi connectivity index (χ2n) is 6.92. The molecule has 1 saturated heterocycles. The molecule has 0 bridgehead atoms. The number of carbonyl (C=O) groups is 1. The molecule has 28 heavy (non-hydrogen) atoms. The molecule has 2 aromatic rings. The third-order valence-corrected chi connectivity index (χ3v) is 5.17. The number of ether oxygens (including phenoxy) is 1. The van der Waals surface area contributed by atoms with Crippen LogP contribution in [-0.4, -0.2) is 35.8 Å². The fourth-order valence-electron chi connectivity index (χ4n) is 3.61. The van der Waals surface area contributed by atoms with E-state index in [1.165, 1.54) is 11.6 Å². The zero-order chi connectivity index (χ0) is 19.2. The molecular formula is C21H27ClN2O4. The Hall–Kier alpha value is -2.28. The molecule has 1 amide bonds. The molecule has 6 nitrogen and oxygen atoms in total. The van der Waals surface area contributed by atoms with Gasteiger partial charge in [-0.15, -0.1) is 12.4 Å². The Morgan fingerprint density at radius 2 is 2.00 bits per heavy atom. The highest BCUT2D eigenvalue weighted by Crippen LogP contribution is 2.31. The second kappa shape index (κ2) is 10.3. The number of methoxy groups -OCH3 is 1. The summed E-state index contributed by atoms with van der Waals surface area (Å²) in [6.07, 6.45) is 3.68. The third-order valence-electron chi connectivity index (χ3n) is 5.17. The molecule has 3 unspecified atom stereocenters. The third kappa shape index (κ3) is 5.38. The van der Waals surface area contributed by atoms with Crippen LogP contribution in [0.1, 0.15) is 36.5 Å². The van der Waals surface area contributed by atoms with Crippen molar-refractivity contribution in [3.63, 3.8) is 0 Å². The van der Waals surface area contributed by atoms with Gasteiger partial charge in [0.2, 0.25) is 6.41 Å². The maximum Gasteiger partial charge on any atom is 0.211 e. The summed E-state index contributed by atoms with van der Waals surface area (Å²) in [5.41, 5.74) is 2.24. The first-order chi connectivity index (χ1) is 13.1. The predicted molar refractivity (Wildman–Crippen MR) is 111 cm³/mol. The summed E-state index contributed by atoms with van der Waals surface area (Å²) in [6, 6.07) is 13.2. The lowest BCUT2D eigenvalue weighted by Crippen LogP contribution is -2.34. The number of amides is 1. The van der Waals surface area contributed by atoms with Gasteiger partial charge >= 0.3 is 0 Å². The van der Waals surface area contributed by atoms with E-state index in [9.17, 15) is 15.0 Å². The van der Waals surface area contributed by atoms with Gasteiger partial charge in [0.1, 0.15) is 11.5 Å². The number of benzene rings is 2. The Bertz CT molecular complexity index is 770. The number of phenolic OH excluding ortho intramolecular Hbond substituents is 1. The van der Waals surface area contributed by atoms with Crippen molar-refractivity contribution >= 4 is 24.5 Å². The average Bonchev–Trinajstić information content (AvgIpc) is 3.17. The number of hydrogen-bond acceptors (Lipinski definition) is 5. The SMILES string of the molecule is COc1ccc(CCC2CCC(C(O)c3ccc(O)c(NC=O)c3)N2)cc1.Cl. The first kappa shape index (κ1) is 22.0. The topological polar surface area (TPSA) is 90.8 Å². The van der Waals surface area contributed by atoms with Gasteiger partial charge in [-0.2, -0.15) is 0 Å². The molecule has 1 aliphatic heterocycles. The van der Waals surface area contributed by atoms with Crippen LogP contribution in [0.2, 0.25) is 0 Å². The fourth-order valence-corrected chi connectivity index (χ4v) is 3.61. The number of anilines is 1. The van der Waals surface area contributed by atoms with Crippen LogP contribution in [-0.2, 0) is 11.2 Å². The zero-order valence-electron chi connectivity index (χ0n) is 15.8. The number of phenols is 1.